The van der Waals surface area contributed by atoms with Crippen molar-refractivity contribution < 1.29 is 0 Å². The molecule has 0 spiro atoms. The van der Waals surface area contributed by atoms with Crippen molar-refractivity contribution >= 4 is 11.3 Å². The molecule has 0 aliphatic heterocycles. The standard InChI is InChI=1S/C14H24N2S/c1-11(2)15-9-13-10-17-14(16-13)12-7-5-3-4-6-8-12/h10-12,15H,3-9H2,1-2H3. The van der Waals surface area contributed by atoms with E-state index in [0.717, 1.165) is 12.5 Å². The maximum absolute atomic E-state index is 4.80. The summed E-state index contributed by atoms with van der Waals surface area (Å²) in [6.07, 6.45) is 8.33. The molecule has 0 atom stereocenters. The van der Waals surface area contributed by atoms with Crippen molar-refractivity contribution in [1.82, 2.24) is 10.3 Å². The third kappa shape index (κ3) is 4.07. The molecule has 1 aromatic rings. The first kappa shape index (κ1) is 13.0. The summed E-state index contributed by atoms with van der Waals surface area (Å²) >= 11 is 1.87. The number of hydrogen-bond donors (Lipinski definition) is 1. The monoisotopic (exact) mass is 252 g/mol. The van der Waals surface area contributed by atoms with Gasteiger partial charge >= 0.3 is 0 Å². The van der Waals surface area contributed by atoms with E-state index in [1.807, 2.05) is 11.3 Å². The summed E-state index contributed by atoms with van der Waals surface area (Å²) in [5, 5.41) is 7.05. The van der Waals surface area contributed by atoms with Gasteiger partial charge in [-0.15, -0.1) is 11.3 Å². The fraction of sp³-hybridized carbons (Fsp3) is 0.786. The minimum Gasteiger partial charge on any atom is -0.309 e. The van der Waals surface area contributed by atoms with Gasteiger partial charge in [-0.1, -0.05) is 39.5 Å². The summed E-state index contributed by atoms with van der Waals surface area (Å²) in [5.41, 5.74) is 1.22. The number of hydrogen-bond acceptors (Lipinski definition) is 3. The van der Waals surface area contributed by atoms with E-state index < -0.39 is 0 Å². The van der Waals surface area contributed by atoms with Gasteiger partial charge < -0.3 is 5.32 Å². The minimum absolute atomic E-state index is 0.540. The summed E-state index contributed by atoms with van der Waals surface area (Å²) in [7, 11) is 0. The highest BCUT2D eigenvalue weighted by atomic mass is 32.1. The van der Waals surface area contributed by atoms with Crippen LogP contribution in [0.25, 0.3) is 0 Å². The van der Waals surface area contributed by atoms with E-state index in [4.69, 9.17) is 4.98 Å². The lowest BCUT2D eigenvalue weighted by Crippen LogP contribution is -2.22. The Morgan fingerprint density at radius 3 is 2.65 bits per heavy atom. The Bertz CT molecular complexity index is 325. The summed E-state index contributed by atoms with van der Waals surface area (Å²) in [4.78, 5) is 4.80. The molecule has 0 amide bonds. The SMILES string of the molecule is CC(C)NCc1csc(C2CCCCCC2)n1. The van der Waals surface area contributed by atoms with Gasteiger partial charge in [0.05, 0.1) is 10.7 Å². The van der Waals surface area contributed by atoms with Crippen LogP contribution in [0.4, 0.5) is 0 Å². The van der Waals surface area contributed by atoms with Crippen molar-refractivity contribution in [3.8, 4) is 0 Å². The van der Waals surface area contributed by atoms with E-state index in [-0.39, 0.29) is 0 Å². The summed E-state index contributed by atoms with van der Waals surface area (Å²) in [5.74, 6) is 0.746. The summed E-state index contributed by atoms with van der Waals surface area (Å²) < 4.78 is 0. The average molecular weight is 252 g/mol. The highest BCUT2D eigenvalue weighted by Crippen LogP contribution is 2.33. The Labute approximate surface area is 109 Å². The lowest BCUT2D eigenvalue weighted by atomic mass is 10.0. The van der Waals surface area contributed by atoms with Crippen LogP contribution >= 0.6 is 11.3 Å². The minimum atomic E-state index is 0.540. The van der Waals surface area contributed by atoms with Crippen LogP contribution in [0.15, 0.2) is 5.38 Å². The first-order chi connectivity index (χ1) is 8.25. The normalized spacial score (nSPS) is 18.5. The van der Waals surface area contributed by atoms with Gasteiger partial charge in [0.1, 0.15) is 0 Å². The second-order valence-electron chi connectivity index (χ2n) is 5.40. The summed E-state index contributed by atoms with van der Waals surface area (Å²) in [6, 6.07) is 0.540. The van der Waals surface area contributed by atoms with E-state index in [1.54, 1.807) is 0 Å². The van der Waals surface area contributed by atoms with Gasteiger partial charge in [-0.05, 0) is 12.8 Å². The van der Waals surface area contributed by atoms with Crippen LogP contribution in [0.3, 0.4) is 0 Å². The number of aromatic nitrogens is 1. The molecule has 1 heterocycles. The van der Waals surface area contributed by atoms with Crippen molar-refractivity contribution in [3.05, 3.63) is 16.1 Å². The van der Waals surface area contributed by atoms with Gasteiger partial charge in [0, 0.05) is 23.9 Å². The Morgan fingerprint density at radius 1 is 1.29 bits per heavy atom. The topological polar surface area (TPSA) is 24.9 Å². The van der Waals surface area contributed by atoms with Crippen molar-refractivity contribution in [2.24, 2.45) is 0 Å². The smallest absolute Gasteiger partial charge is 0.0959 e. The van der Waals surface area contributed by atoms with Gasteiger partial charge in [-0.25, -0.2) is 4.98 Å². The predicted octanol–water partition coefficient (Wildman–Crippen LogP) is 4.08. The molecule has 1 aliphatic carbocycles. The number of rotatable bonds is 4. The highest BCUT2D eigenvalue weighted by Gasteiger charge is 2.17. The van der Waals surface area contributed by atoms with Gasteiger partial charge in [0.25, 0.3) is 0 Å². The molecular formula is C14H24N2S. The lowest BCUT2D eigenvalue weighted by molar-refractivity contribution is 0.569. The second-order valence-corrected chi connectivity index (χ2v) is 6.29. The van der Waals surface area contributed by atoms with E-state index in [2.05, 4.69) is 24.5 Å². The van der Waals surface area contributed by atoms with Crippen LogP contribution in [0, 0.1) is 0 Å². The molecule has 96 valence electrons. The first-order valence-corrected chi connectivity index (χ1v) is 7.81. The number of nitrogens with zero attached hydrogens (tertiary/aromatic N) is 1. The molecule has 1 aliphatic rings. The molecule has 2 rings (SSSR count). The third-order valence-corrected chi connectivity index (χ3v) is 4.52. The molecule has 0 aromatic carbocycles. The first-order valence-electron chi connectivity index (χ1n) is 6.93. The molecule has 1 N–H and O–H groups in total. The largest absolute Gasteiger partial charge is 0.309 e. The molecule has 1 aromatic heterocycles. The van der Waals surface area contributed by atoms with E-state index in [9.17, 15) is 0 Å². The van der Waals surface area contributed by atoms with Crippen LogP contribution in [0.5, 0.6) is 0 Å². The fourth-order valence-corrected chi connectivity index (χ4v) is 3.42. The Balaban J connectivity index is 1.92. The van der Waals surface area contributed by atoms with E-state index in [1.165, 1.54) is 49.2 Å². The Hall–Kier alpha value is -0.410. The quantitative estimate of drug-likeness (QED) is 0.817. The van der Waals surface area contributed by atoms with Crippen molar-refractivity contribution in [2.75, 3.05) is 0 Å². The zero-order valence-corrected chi connectivity index (χ0v) is 11.9. The third-order valence-electron chi connectivity index (χ3n) is 3.47. The van der Waals surface area contributed by atoms with Gasteiger partial charge in [-0.2, -0.15) is 0 Å². The molecule has 1 fully saturated rings. The fourth-order valence-electron chi connectivity index (χ4n) is 2.43. The van der Waals surface area contributed by atoms with Crippen LogP contribution in [0.1, 0.15) is 69.0 Å². The van der Waals surface area contributed by atoms with Crippen molar-refractivity contribution in [3.63, 3.8) is 0 Å². The molecular weight excluding hydrogens is 228 g/mol. The number of nitrogens with one attached hydrogen (secondary N) is 1. The van der Waals surface area contributed by atoms with Crippen LogP contribution < -0.4 is 5.32 Å². The average Bonchev–Trinajstić information content (AvgIpc) is 2.60. The summed E-state index contributed by atoms with van der Waals surface area (Å²) in [6.45, 7) is 5.28. The van der Waals surface area contributed by atoms with Gasteiger partial charge in [-0.3, -0.25) is 0 Å². The molecule has 0 bridgehead atoms. The van der Waals surface area contributed by atoms with Crippen molar-refractivity contribution in [1.29, 1.82) is 0 Å². The molecule has 2 nitrogen and oxygen atoms in total. The second kappa shape index (κ2) is 6.50. The molecule has 17 heavy (non-hydrogen) atoms. The van der Waals surface area contributed by atoms with Crippen molar-refractivity contribution in [2.45, 2.75) is 70.9 Å². The lowest BCUT2D eigenvalue weighted by Gasteiger charge is -2.10. The molecule has 0 radical (unpaired) electrons. The van der Waals surface area contributed by atoms with Crippen LogP contribution in [0.2, 0.25) is 0 Å². The van der Waals surface area contributed by atoms with E-state index >= 15 is 0 Å². The number of thiazole rings is 1. The molecule has 0 saturated heterocycles. The zero-order valence-electron chi connectivity index (χ0n) is 11.0. The molecule has 0 unspecified atom stereocenters. The van der Waals surface area contributed by atoms with Crippen LogP contribution in [-0.4, -0.2) is 11.0 Å². The predicted molar refractivity (Wildman–Crippen MR) is 74.5 cm³/mol. The Morgan fingerprint density at radius 2 is 2.00 bits per heavy atom. The maximum Gasteiger partial charge on any atom is 0.0959 e. The zero-order chi connectivity index (χ0) is 12.1. The van der Waals surface area contributed by atoms with E-state index in [0.29, 0.717) is 6.04 Å². The maximum atomic E-state index is 4.80. The molecule has 3 heteroatoms. The Kier molecular flexibility index (Phi) is 4.99. The van der Waals surface area contributed by atoms with Crippen LogP contribution in [-0.2, 0) is 6.54 Å². The molecule has 1 saturated carbocycles. The highest BCUT2D eigenvalue weighted by molar-refractivity contribution is 7.09. The van der Waals surface area contributed by atoms with Gasteiger partial charge in [0.15, 0.2) is 0 Å². The van der Waals surface area contributed by atoms with Gasteiger partial charge in [0.2, 0.25) is 0 Å².